The van der Waals surface area contributed by atoms with Crippen LogP contribution in [0.15, 0.2) is 16.6 Å². The van der Waals surface area contributed by atoms with Crippen molar-refractivity contribution in [2.24, 2.45) is 0 Å². The fraction of sp³-hybridized carbons (Fsp3) is 0. The van der Waals surface area contributed by atoms with Crippen LogP contribution in [0.2, 0.25) is 0 Å². The van der Waals surface area contributed by atoms with Gasteiger partial charge in [0.05, 0.1) is 10.0 Å². The van der Waals surface area contributed by atoms with Crippen LogP contribution in [0.5, 0.6) is 5.75 Å². The highest BCUT2D eigenvalue weighted by Gasteiger charge is 2.33. The molecule has 1 aromatic carbocycles. The zero-order valence-electron chi connectivity index (χ0n) is 6.14. The van der Waals surface area contributed by atoms with Crippen LogP contribution < -0.4 is 4.74 Å². The van der Waals surface area contributed by atoms with Crippen LogP contribution in [0.1, 0.15) is 10.4 Å². The zero-order valence-corrected chi connectivity index (χ0v) is 7.72. The second-order valence-electron chi connectivity index (χ2n) is 2.46. The predicted octanol–water partition coefficient (Wildman–Crippen LogP) is 1.69. The van der Waals surface area contributed by atoms with Crippen LogP contribution in [0, 0.1) is 5.82 Å². The van der Waals surface area contributed by atoms with Crippen LogP contribution >= 0.6 is 15.9 Å². The Labute approximate surface area is 80.6 Å². The van der Waals surface area contributed by atoms with E-state index < -0.39 is 17.6 Å². The maximum atomic E-state index is 12.9. The lowest BCUT2D eigenvalue weighted by Crippen LogP contribution is -2.10. The lowest BCUT2D eigenvalue weighted by atomic mass is 10.1. The van der Waals surface area contributed by atoms with Gasteiger partial charge in [-0.1, -0.05) is 0 Å². The SMILES string of the molecule is O=C1Oc2c(ccc(F)c2Br)C1=O. The summed E-state index contributed by atoms with van der Waals surface area (Å²) in [6, 6.07) is 2.32. The Morgan fingerprint density at radius 3 is 2.69 bits per heavy atom. The molecule has 0 saturated heterocycles. The van der Waals surface area contributed by atoms with Gasteiger partial charge in [-0.15, -0.1) is 0 Å². The largest absolute Gasteiger partial charge is 0.418 e. The summed E-state index contributed by atoms with van der Waals surface area (Å²) >= 11 is 2.88. The van der Waals surface area contributed by atoms with Gasteiger partial charge in [0, 0.05) is 0 Å². The van der Waals surface area contributed by atoms with Crippen molar-refractivity contribution in [3.05, 3.63) is 28.0 Å². The minimum Gasteiger partial charge on any atom is -0.418 e. The molecule has 5 heteroatoms. The first-order valence-corrected chi connectivity index (χ1v) is 4.15. The summed E-state index contributed by atoms with van der Waals surface area (Å²) in [4.78, 5) is 21.8. The van der Waals surface area contributed by atoms with Gasteiger partial charge in [0.15, 0.2) is 5.75 Å². The van der Waals surface area contributed by atoms with E-state index in [1.807, 2.05) is 0 Å². The van der Waals surface area contributed by atoms with Gasteiger partial charge in [-0.2, -0.15) is 0 Å². The van der Waals surface area contributed by atoms with Crippen molar-refractivity contribution in [2.75, 3.05) is 0 Å². The van der Waals surface area contributed by atoms with Crippen molar-refractivity contribution in [3.8, 4) is 5.75 Å². The topological polar surface area (TPSA) is 43.4 Å². The number of ether oxygens (including phenoxy) is 1. The zero-order chi connectivity index (χ0) is 9.59. The fourth-order valence-corrected chi connectivity index (χ4v) is 1.49. The number of hydrogen-bond donors (Lipinski definition) is 0. The summed E-state index contributed by atoms with van der Waals surface area (Å²) in [6.45, 7) is 0. The number of carbonyl (C=O) groups excluding carboxylic acids is 2. The first kappa shape index (κ1) is 8.37. The molecule has 0 unspecified atom stereocenters. The van der Waals surface area contributed by atoms with E-state index in [9.17, 15) is 14.0 Å². The molecule has 13 heavy (non-hydrogen) atoms. The Hall–Kier alpha value is -1.23. The van der Waals surface area contributed by atoms with Crippen molar-refractivity contribution in [2.45, 2.75) is 0 Å². The van der Waals surface area contributed by atoms with Crippen molar-refractivity contribution < 1.29 is 18.7 Å². The van der Waals surface area contributed by atoms with E-state index in [2.05, 4.69) is 20.7 Å². The third-order valence-electron chi connectivity index (χ3n) is 1.67. The van der Waals surface area contributed by atoms with E-state index in [0.717, 1.165) is 6.07 Å². The molecule has 66 valence electrons. The summed E-state index contributed by atoms with van der Waals surface area (Å²) in [6.07, 6.45) is 0. The Morgan fingerprint density at radius 1 is 1.31 bits per heavy atom. The lowest BCUT2D eigenvalue weighted by molar-refractivity contribution is -0.128. The molecule has 0 aliphatic carbocycles. The molecule has 0 aromatic heterocycles. The minimum atomic E-state index is -0.971. The van der Waals surface area contributed by atoms with Gasteiger partial charge in [-0.25, -0.2) is 9.18 Å². The molecule has 0 bridgehead atoms. The summed E-state index contributed by atoms with van der Waals surface area (Å²) in [5.74, 6) is -2.31. The lowest BCUT2D eigenvalue weighted by Gasteiger charge is -1.98. The second-order valence-corrected chi connectivity index (χ2v) is 3.25. The van der Waals surface area contributed by atoms with Crippen molar-refractivity contribution >= 4 is 27.7 Å². The van der Waals surface area contributed by atoms with Gasteiger partial charge >= 0.3 is 5.97 Å². The maximum absolute atomic E-state index is 12.9. The van der Waals surface area contributed by atoms with E-state index >= 15 is 0 Å². The Balaban J connectivity index is 2.70. The number of fused-ring (bicyclic) bond motifs is 1. The molecule has 1 aliphatic heterocycles. The first-order valence-electron chi connectivity index (χ1n) is 3.36. The summed E-state index contributed by atoms with van der Waals surface area (Å²) in [7, 11) is 0. The van der Waals surface area contributed by atoms with Crippen molar-refractivity contribution in [3.63, 3.8) is 0 Å². The van der Waals surface area contributed by atoms with Gasteiger partial charge in [0.2, 0.25) is 0 Å². The molecule has 1 heterocycles. The monoisotopic (exact) mass is 244 g/mol. The minimum absolute atomic E-state index is 0.00389. The quantitative estimate of drug-likeness (QED) is 0.397. The molecular weight excluding hydrogens is 243 g/mol. The van der Waals surface area contributed by atoms with E-state index in [0.29, 0.717) is 0 Å². The van der Waals surface area contributed by atoms with Crippen LogP contribution in [0.3, 0.4) is 0 Å². The Morgan fingerprint density at radius 2 is 2.00 bits per heavy atom. The average molecular weight is 245 g/mol. The number of esters is 1. The van der Waals surface area contributed by atoms with Gasteiger partial charge in [-0.3, -0.25) is 4.79 Å². The number of rotatable bonds is 0. The number of ketones is 1. The Bertz CT molecular complexity index is 428. The van der Waals surface area contributed by atoms with Crippen molar-refractivity contribution in [1.29, 1.82) is 0 Å². The maximum Gasteiger partial charge on any atom is 0.385 e. The highest BCUT2D eigenvalue weighted by Crippen LogP contribution is 2.35. The molecule has 0 radical (unpaired) electrons. The highest BCUT2D eigenvalue weighted by molar-refractivity contribution is 9.10. The molecule has 0 saturated carbocycles. The molecule has 0 amide bonds. The number of hydrogen-bond acceptors (Lipinski definition) is 3. The predicted molar refractivity (Wildman–Crippen MR) is 44.1 cm³/mol. The van der Waals surface area contributed by atoms with Crippen LogP contribution in [-0.2, 0) is 4.79 Å². The molecule has 2 rings (SSSR count). The first-order chi connectivity index (χ1) is 6.11. The molecule has 3 nitrogen and oxygen atoms in total. The molecule has 0 fully saturated rings. The highest BCUT2D eigenvalue weighted by atomic mass is 79.9. The molecular formula is C8H2BrFO3. The molecule has 1 aliphatic rings. The van der Waals surface area contributed by atoms with E-state index in [1.54, 1.807) is 0 Å². The third kappa shape index (κ3) is 1.07. The number of carbonyl (C=O) groups is 2. The molecule has 0 N–H and O–H groups in total. The van der Waals surface area contributed by atoms with Crippen LogP contribution in [-0.4, -0.2) is 11.8 Å². The second kappa shape index (κ2) is 2.63. The average Bonchev–Trinajstić information content (AvgIpc) is 2.38. The summed E-state index contributed by atoms with van der Waals surface area (Å²) < 4.78 is 17.4. The van der Waals surface area contributed by atoms with Gasteiger partial charge in [-0.05, 0) is 28.1 Å². The molecule has 0 atom stereocenters. The fourth-order valence-electron chi connectivity index (χ4n) is 1.06. The summed E-state index contributed by atoms with van der Waals surface area (Å²) in [5.41, 5.74) is 0.0956. The summed E-state index contributed by atoms with van der Waals surface area (Å²) in [5, 5.41) is 0. The number of benzene rings is 1. The van der Waals surface area contributed by atoms with Crippen LogP contribution in [0.25, 0.3) is 0 Å². The van der Waals surface area contributed by atoms with Gasteiger partial charge in [0.1, 0.15) is 5.82 Å². The van der Waals surface area contributed by atoms with E-state index in [4.69, 9.17) is 0 Å². The Kier molecular flexibility index (Phi) is 1.69. The normalized spacial score (nSPS) is 14.3. The van der Waals surface area contributed by atoms with E-state index in [1.165, 1.54) is 6.07 Å². The molecule has 1 aromatic rings. The van der Waals surface area contributed by atoms with Gasteiger partial charge < -0.3 is 4.74 Å². The third-order valence-corrected chi connectivity index (χ3v) is 2.41. The number of halogens is 2. The van der Waals surface area contributed by atoms with Gasteiger partial charge in [0.25, 0.3) is 5.78 Å². The smallest absolute Gasteiger partial charge is 0.385 e. The van der Waals surface area contributed by atoms with E-state index in [-0.39, 0.29) is 15.8 Å². The standard InChI is InChI=1S/C8H2BrFO3/c9-5-4(10)2-1-3-6(11)8(12)13-7(3)5/h1-2H. The van der Waals surface area contributed by atoms with Crippen LogP contribution in [0.4, 0.5) is 4.39 Å². The number of Topliss-reactive ketones (excluding diaryl/α,β-unsaturated/α-hetero) is 1. The molecule has 0 spiro atoms. The van der Waals surface area contributed by atoms with Crippen molar-refractivity contribution in [1.82, 2.24) is 0 Å².